The third-order valence-electron chi connectivity index (χ3n) is 3.69. The zero-order valence-electron chi connectivity index (χ0n) is 15.6. The van der Waals surface area contributed by atoms with E-state index in [1.165, 1.54) is 21.0 Å². The summed E-state index contributed by atoms with van der Waals surface area (Å²) >= 11 is 0.240. The van der Waals surface area contributed by atoms with Gasteiger partial charge in [0, 0.05) is 25.1 Å². The molecule has 2 heterocycles. The minimum absolute atomic E-state index is 0.240. The van der Waals surface area contributed by atoms with E-state index < -0.39 is 56.5 Å². The number of nitrogens with zero attached hydrogens (tertiary/aromatic N) is 1. The maximum absolute atomic E-state index is 12.3. The molecule has 166 valence electrons. The van der Waals surface area contributed by atoms with E-state index in [-0.39, 0.29) is 17.1 Å². The van der Waals surface area contributed by atoms with E-state index in [1.807, 2.05) is 4.98 Å². The Balaban J connectivity index is 2.38. The minimum atomic E-state index is -4.60. The monoisotopic (exact) mass is 476 g/mol. The van der Waals surface area contributed by atoms with Crippen molar-refractivity contribution < 1.29 is 42.3 Å². The van der Waals surface area contributed by atoms with Crippen molar-refractivity contribution in [3.05, 3.63) is 33.1 Å². The SMILES string of the molecule is COC1C(OP(=O)(O)OC(C)C)[C@@H](CSP(=O)(O)O)O[C@H]1n1ccc(=O)[nH]c1=O. The number of aromatic amines is 1. The fourth-order valence-corrected chi connectivity index (χ4v) is 5.47. The molecule has 0 amide bonds. The van der Waals surface area contributed by atoms with Crippen LogP contribution >= 0.6 is 26.0 Å². The molecule has 1 aliphatic rings. The molecule has 2 rings (SSSR count). The molecule has 16 heteroatoms. The number of phosphoric acid groups is 1. The molecular weight excluding hydrogens is 454 g/mol. The zero-order chi connectivity index (χ0) is 22.0. The lowest BCUT2D eigenvalue weighted by Gasteiger charge is -2.25. The number of rotatable bonds is 9. The fraction of sp³-hybridized carbons (Fsp3) is 0.692. The first-order valence-electron chi connectivity index (χ1n) is 8.22. The second-order valence-corrected chi connectivity index (χ2v) is 11.4. The van der Waals surface area contributed by atoms with Crippen molar-refractivity contribution in [2.75, 3.05) is 12.9 Å². The van der Waals surface area contributed by atoms with E-state index in [9.17, 15) is 23.6 Å². The van der Waals surface area contributed by atoms with E-state index in [2.05, 4.69) is 0 Å². The van der Waals surface area contributed by atoms with Crippen molar-refractivity contribution in [3.8, 4) is 0 Å². The van der Waals surface area contributed by atoms with Crippen molar-refractivity contribution in [1.29, 1.82) is 0 Å². The Hall–Kier alpha value is -0.790. The smallest absolute Gasteiger partial charge is 0.374 e. The van der Waals surface area contributed by atoms with E-state index in [1.54, 1.807) is 0 Å². The summed E-state index contributed by atoms with van der Waals surface area (Å²) in [5.41, 5.74) is -1.48. The number of hydrogen-bond donors (Lipinski definition) is 4. The molecule has 0 radical (unpaired) electrons. The van der Waals surface area contributed by atoms with Gasteiger partial charge in [0.25, 0.3) is 5.56 Å². The van der Waals surface area contributed by atoms with Crippen LogP contribution in [0.15, 0.2) is 21.9 Å². The molecule has 0 aliphatic carbocycles. The largest absolute Gasteiger partial charge is 0.472 e. The Bertz CT molecular complexity index is 913. The second-order valence-electron chi connectivity index (χ2n) is 6.26. The molecule has 0 spiro atoms. The molecule has 3 unspecified atom stereocenters. The molecule has 4 N–H and O–H groups in total. The van der Waals surface area contributed by atoms with Crippen molar-refractivity contribution >= 4 is 26.0 Å². The van der Waals surface area contributed by atoms with Gasteiger partial charge in [-0.15, -0.1) is 0 Å². The number of phosphoric ester groups is 1. The molecule has 1 aromatic rings. The summed E-state index contributed by atoms with van der Waals surface area (Å²) in [5.74, 6) is -0.342. The number of nitrogens with one attached hydrogen (secondary N) is 1. The zero-order valence-corrected chi connectivity index (χ0v) is 18.2. The molecule has 0 aromatic carbocycles. The Kier molecular flexibility index (Phi) is 8.07. The van der Waals surface area contributed by atoms with Gasteiger partial charge in [-0.2, -0.15) is 0 Å². The summed E-state index contributed by atoms with van der Waals surface area (Å²) in [6.07, 6.45) is -4.35. The topological polar surface area (TPSA) is 187 Å². The number of hydrogen-bond acceptors (Lipinski definition) is 9. The van der Waals surface area contributed by atoms with Crippen LogP contribution in [0.4, 0.5) is 0 Å². The van der Waals surface area contributed by atoms with Gasteiger partial charge in [-0.3, -0.25) is 23.4 Å². The van der Waals surface area contributed by atoms with E-state index in [0.717, 1.165) is 16.8 Å². The van der Waals surface area contributed by atoms with Crippen LogP contribution in [-0.2, 0) is 27.7 Å². The van der Waals surface area contributed by atoms with Crippen LogP contribution < -0.4 is 11.2 Å². The van der Waals surface area contributed by atoms with Gasteiger partial charge in [-0.1, -0.05) is 0 Å². The summed E-state index contributed by atoms with van der Waals surface area (Å²) in [4.78, 5) is 53.7. The van der Waals surface area contributed by atoms with Gasteiger partial charge in [0.15, 0.2) is 6.23 Å². The third kappa shape index (κ3) is 6.86. The minimum Gasteiger partial charge on any atom is -0.374 e. The first-order valence-corrected chi connectivity index (χ1v) is 12.9. The normalized spacial score (nSPS) is 27.3. The third-order valence-corrected chi connectivity index (χ3v) is 7.16. The Labute approximate surface area is 168 Å². The Morgan fingerprint density at radius 3 is 2.45 bits per heavy atom. The van der Waals surface area contributed by atoms with Crippen molar-refractivity contribution in [2.24, 2.45) is 0 Å². The summed E-state index contributed by atoms with van der Waals surface area (Å²) < 4.78 is 45.5. The van der Waals surface area contributed by atoms with Crippen molar-refractivity contribution in [1.82, 2.24) is 9.55 Å². The van der Waals surface area contributed by atoms with Crippen LogP contribution in [-0.4, -0.2) is 61.5 Å². The molecule has 1 saturated heterocycles. The van der Waals surface area contributed by atoms with E-state index >= 15 is 0 Å². The van der Waals surface area contributed by atoms with Gasteiger partial charge < -0.3 is 24.2 Å². The quantitative estimate of drug-likeness (QED) is 0.355. The molecule has 13 nitrogen and oxygen atoms in total. The van der Waals surface area contributed by atoms with Gasteiger partial charge in [-0.25, -0.2) is 13.9 Å². The molecule has 0 saturated carbocycles. The molecule has 1 aromatic heterocycles. The molecular formula is C13H22N2O11P2S. The van der Waals surface area contributed by atoms with E-state index in [4.69, 9.17) is 28.3 Å². The molecule has 0 bridgehead atoms. The lowest BCUT2D eigenvalue weighted by Crippen LogP contribution is -2.39. The van der Waals surface area contributed by atoms with Gasteiger partial charge in [0.2, 0.25) is 0 Å². The highest BCUT2D eigenvalue weighted by Crippen LogP contribution is 2.54. The lowest BCUT2D eigenvalue weighted by atomic mass is 10.1. The molecule has 1 aliphatic heterocycles. The van der Waals surface area contributed by atoms with E-state index in [0.29, 0.717) is 0 Å². The lowest BCUT2D eigenvalue weighted by molar-refractivity contribution is -0.0514. The second kappa shape index (κ2) is 9.56. The van der Waals surface area contributed by atoms with Gasteiger partial charge in [0.05, 0.1) is 12.2 Å². The van der Waals surface area contributed by atoms with Crippen LogP contribution in [0.1, 0.15) is 20.1 Å². The number of H-pyrrole nitrogens is 1. The Morgan fingerprint density at radius 2 is 1.93 bits per heavy atom. The van der Waals surface area contributed by atoms with Gasteiger partial charge in [-0.05, 0) is 25.2 Å². The average molecular weight is 476 g/mol. The van der Waals surface area contributed by atoms with Gasteiger partial charge in [0.1, 0.15) is 12.2 Å². The maximum Gasteiger partial charge on any atom is 0.472 e. The predicted molar refractivity (Wildman–Crippen MR) is 101 cm³/mol. The van der Waals surface area contributed by atoms with Crippen LogP contribution in [0.5, 0.6) is 0 Å². The number of aromatic nitrogens is 2. The number of methoxy groups -OCH3 is 1. The summed E-state index contributed by atoms with van der Waals surface area (Å²) in [6.45, 7) is -1.48. The van der Waals surface area contributed by atoms with Gasteiger partial charge >= 0.3 is 20.3 Å². The van der Waals surface area contributed by atoms with Crippen molar-refractivity contribution in [2.45, 2.75) is 44.5 Å². The highest BCUT2D eigenvalue weighted by atomic mass is 32.7. The molecule has 29 heavy (non-hydrogen) atoms. The molecule has 1 fully saturated rings. The first kappa shape index (κ1) is 24.5. The summed E-state index contributed by atoms with van der Waals surface area (Å²) in [5, 5.41) is 0. The maximum atomic E-state index is 12.3. The standard InChI is InChI=1S/C13H22N2O11P2S/c1-7(2)25-28(21,22)26-10-8(6-29-27(18,19)20)24-12(11(10)23-3)15-5-4-9(16)14-13(15)17/h4-5,7-8,10-12H,6H2,1-3H3,(H,21,22)(H,14,16,17)(H2,18,19,20)/t8-,10?,11?,12-/m1/s1. The average Bonchev–Trinajstić information content (AvgIpc) is 2.87. The van der Waals surface area contributed by atoms with Crippen LogP contribution in [0.25, 0.3) is 0 Å². The summed E-state index contributed by atoms with van der Waals surface area (Å²) in [6, 6.07) is 1.06. The van der Waals surface area contributed by atoms with Crippen LogP contribution in [0.3, 0.4) is 0 Å². The van der Waals surface area contributed by atoms with Crippen LogP contribution in [0, 0.1) is 0 Å². The summed E-state index contributed by atoms with van der Waals surface area (Å²) in [7, 11) is -3.36. The number of ether oxygens (including phenoxy) is 2. The Morgan fingerprint density at radius 1 is 1.28 bits per heavy atom. The van der Waals surface area contributed by atoms with Crippen molar-refractivity contribution in [3.63, 3.8) is 0 Å². The fourth-order valence-electron chi connectivity index (χ4n) is 2.69. The highest BCUT2D eigenvalue weighted by Gasteiger charge is 2.50. The highest BCUT2D eigenvalue weighted by molar-refractivity contribution is 8.54. The predicted octanol–water partition coefficient (Wildman–Crippen LogP) is 0.185. The molecule has 5 atom stereocenters. The van der Waals surface area contributed by atoms with Crippen LogP contribution in [0.2, 0.25) is 0 Å². The first-order chi connectivity index (χ1) is 13.3.